The van der Waals surface area contributed by atoms with E-state index in [-0.39, 0.29) is 18.3 Å². The maximum Gasteiger partial charge on any atom is 0.325 e. The Kier molecular flexibility index (Phi) is 7.17. The van der Waals surface area contributed by atoms with Crippen LogP contribution in [0, 0.1) is 0 Å². The van der Waals surface area contributed by atoms with Gasteiger partial charge in [-0.2, -0.15) is 0 Å². The minimum absolute atomic E-state index is 0.0146. The van der Waals surface area contributed by atoms with Crippen LogP contribution in [0.4, 0.5) is 0 Å². The molecule has 37 heavy (non-hydrogen) atoms. The molecule has 1 aromatic heterocycles. The largest absolute Gasteiger partial charge is 0.493 e. The molecule has 0 spiro atoms. The molecule has 5 rings (SSSR count). The van der Waals surface area contributed by atoms with Crippen molar-refractivity contribution in [3.63, 3.8) is 0 Å². The molecule has 0 unspecified atom stereocenters. The second kappa shape index (κ2) is 11.0. The number of rotatable bonds is 10. The fourth-order valence-electron chi connectivity index (χ4n) is 4.26. The van der Waals surface area contributed by atoms with Gasteiger partial charge in [0.2, 0.25) is 0 Å². The molecule has 6 nitrogen and oxygen atoms in total. The van der Waals surface area contributed by atoms with E-state index in [0.717, 1.165) is 39.6 Å². The first kappa shape index (κ1) is 24.1. The molecule has 0 amide bonds. The van der Waals surface area contributed by atoms with Gasteiger partial charge in [0.05, 0.1) is 20.3 Å². The minimum Gasteiger partial charge on any atom is -0.493 e. The van der Waals surface area contributed by atoms with E-state index >= 15 is 0 Å². The smallest absolute Gasteiger partial charge is 0.325 e. The van der Waals surface area contributed by atoms with Crippen LogP contribution in [0.25, 0.3) is 21.7 Å². The number of fused-ring (bicyclic) bond motifs is 2. The van der Waals surface area contributed by atoms with E-state index in [1.165, 1.54) is 7.11 Å². The average Bonchev–Trinajstić information content (AvgIpc) is 3.34. The monoisotopic (exact) mass is 493 g/mol. The number of benzene rings is 4. The molecule has 6 heteroatoms. The summed E-state index contributed by atoms with van der Waals surface area (Å²) in [6.07, 6.45) is 2.59. The molecule has 5 aromatic rings. The number of ether oxygens (including phenoxy) is 3. The molecule has 0 bridgehead atoms. The molecule has 186 valence electrons. The predicted molar refractivity (Wildman–Crippen MR) is 143 cm³/mol. The lowest BCUT2D eigenvalue weighted by Gasteiger charge is -2.10. The Hall–Kier alpha value is -4.58. The second-order valence-electron chi connectivity index (χ2n) is 8.71. The molecule has 0 fully saturated rings. The van der Waals surface area contributed by atoms with Crippen molar-refractivity contribution in [2.45, 2.75) is 13.0 Å². The summed E-state index contributed by atoms with van der Waals surface area (Å²) in [5, 5.41) is 3.02. The summed E-state index contributed by atoms with van der Waals surface area (Å²) in [6.45, 7) is 1.22. The van der Waals surface area contributed by atoms with Gasteiger partial charge >= 0.3 is 5.97 Å². The van der Waals surface area contributed by atoms with Crippen molar-refractivity contribution in [3.05, 3.63) is 108 Å². The summed E-state index contributed by atoms with van der Waals surface area (Å²) in [5.74, 6) is 1.28. The van der Waals surface area contributed by atoms with Crippen LogP contribution in [0.5, 0.6) is 11.5 Å². The van der Waals surface area contributed by atoms with Gasteiger partial charge in [0, 0.05) is 34.6 Å². The number of aromatic nitrogens is 1. The number of ketones is 1. The molecule has 0 radical (unpaired) electrons. The fraction of sp³-hybridized carbons (Fsp3) is 0.161. The van der Waals surface area contributed by atoms with Crippen LogP contribution in [-0.4, -0.2) is 36.6 Å². The first-order valence-corrected chi connectivity index (χ1v) is 12.2. The maximum atomic E-state index is 12.7. The first-order chi connectivity index (χ1) is 18.1. The highest BCUT2D eigenvalue weighted by molar-refractivity contribution is 6.10. The third kappa shape index (κ3) is 5.64. The summed E-state index contributed by atoms with van der Waals surface area (Å²) in [4.78, 5) is 24.3. The van der Waals surface area contributed by atoms with E-state index in [1.807, 2.05) is 102 Å². The SMILES string of the molecule is COC(=O)Cn1ccc2cc(OCCCOc3ccc4cc(C(=O)c5ccccc5)ccc4c3)ccc21. The number of nitrogens with zero attached hydrogens (tertiary/aromatic N) is 1. The molecule has 1 heterocycles. The van der Waals surface area contributed by atoms with Gasteiger partial charge in [0.15, 0.2) is 5.78 Å². The lowest BCUT2D eigenvalue weighted by atomic mass is 10.00. The lowest BCUT2D eigenvalue weighted by molar-refractivity contribution is -0.141. The van der Waals surface area contributed by atoms with E-state index in [9.17, 15) is 9.59 Å². The maximum absolute atomic E-state index is 12.7. The van der Waals surface area contributed by atoms with E-state index < -0.39 is 0 Å². The van der Waals surface area contributed by atoms with Crippen molar-refractivity contribution in [2.75, 3.05) is 20.3 Å². The van der Waals surface area contributed by atoms with Gasteiger partial charge in [-0.05, 0) is 53.2 Å². The van der Waals surface area contributed by atoms with E-state index in [0.29, 0.717) is 24.3 Å². The Morgan fingerprint density at radius 3 is 2.14 bits per heavy atom. The Morgan fingerprint density at radius 2 is 1.38 bits per heavy atom. The van der Waals surface area contributed by atoms with Crippen LogP contribution in [0.2, 0.25) is 0 Å². The summed E-state index contributed by atoms with van der Waals surface area (Å²) in [6, 6.07) is 28.7. The van der Waals surface area contributed by atoms with Crippen LogP contribution in [-0.2, 0) is 16.1 Å². The number of methoxy groups -OCH3 is 1. The Balaban J connectivity index is 1.13. The van der Waals surface area contributed by atoms with Gasteiger partial charge in [-0.3, -0.25) is 9.59 Å². The molecular weight excluding hydrogens is 466 g/mol. The lowest BCUT2D eigenvalue weighted by Crippen LogP contribution is -2.10. The number of hydrogen-bond donors (Lipinski definition) is 0. The molecule has 0 N–H and O–H groups in total. The highest BCUT2D eigenvalue weighted by Crippen LogP contribution is 2.24. The topological polar surface area (TPSA) is 66.8 Å². The van der Waals surface area contributed by atoms with Crippen LogP contribution in [0.15, 0.2) is 97.2 Å². The summed E-state index contributed by atoms with van der Waals surface area (Å²) in [7, 11) is 1.38. The summed E-state index contributed by atoms with van der Waals surface area (Å²) < 4.78 is 18.4. The Bertz CT molecular complexity index is 1550. The number of carbonyl (C=O) groups is 2. The zero-order chi connectivity index (χ0) is 25.6. The zero-order valence-electron chi connectivity index (χ0n) is 20.6. The quantitative estimate of drug-likeness (QED) is 0.135. The molecule has 0 aliphatic heterocycles. The van der Waals surface area contributed by atoms with Crippen LogP contribution < -0.4 is 9.47 Å². The highest BCUT2D eigenvalue weighted by atomic mass is 16.5. The highest BCUT2D eigenvalue weighted by Gasteiger charge is 2.10. The van der Waals surface area contributed by atoms with Crippen molar-refractivity contribution in [1.82, 2.24) is 4.57 Å². The molecule has 0 aliphatic rings. The van der Waals surface area contributed by atoms with Crippen molar-refractivity contribution >= 4 is 33.4 Å². The summed E-state index contributed by atoms with van der Waals surface area (Å²) >= 11 is 0. The Morgan fingerprint density at radius 1 is 0.703 bits per heavy atom. The van der Waals surface area contributed by atoms with Gasteiger partial charge in [-0.15, -0.1) is 0 Å². The molecule has 0 aliphatic carbocycles. The van der Waals surface area contributed by atoms with Gasteiger partial charge in [0.1, 0.15) is 18.0 Å². The minimum atomic E-state index is -0.285. The third-order valence-corrected chi connectivity index (χ3v) is 6.21. The van der Waals surface area contributed by atoms with Gasteiger partial charge in [-0.25, -0.2) is 0 Å². The van der Waals surface area contributed by atoms with Crippen molar-refractivity contribution in [1.29, 1.82) is 0 Å². The van der Waals surface area contributed by atoms with E-state index in [4.69, 9.17) is 14.2 Å². The van der Waals surface area contributed by atoms with E-state index in [1.54, 1.807) is 0 Å². The number of hydrogen-bond acceptors (Lipinski definition) is 5. The van der Waals surface area contributed by atoms with Crippen molar-refractivity contribution in [2.24, 2.45) is 0 Å². The predicted octanol–water partition coefficient (Wildman–Crippen LogP) is 6.05. The molecule has 0 atom stereocenters. The van der Waals surface area contributed by atoms with Gasteiger partial charge in [-0.1, -0.05) is 48.5 Å². The van der Waals surface area contributed by atoms with Gasteiger partial charge < -0.3 is 18.8 Å². The van der Waals surface area contributed by atoms with Crippen LogP contribution in [0.3, 0.4) is 0 Å². The molecular formula is C31H27NO5. The van der Waals surface area contributed by atoms with E-state index in [2.05, 4.69) is 0 Å². The molecule has 0 saturated carbocycles. The average molecular weight is 494 g/mol. The number of carbonyl (C=O) groups excluding carboxylic acids is 2. The standard InChI is InChI=1S/C31H27NO5/c1-35-30(33)21-32-15-14-25-20-28(12-13-29(25)32)37-17-5-16-36-27-11-10-23-18-26(9-8-24(23)19-27)31(34)22-6-3-2-4-7-22/h2-4,6-15,18-20H,5,16-17,21H2,1H3. The number of esters is 1. The molecule has 0 saturated heterocycles. The normalized spacial score (nSPS) is 10.9. The fourth-order valence-corrected chi connectivity index (χ4v) is 4.26. The Labute approximate surface area is 215 Å². The molecule has 4 aromatic carbocycles. The summed E-state index contributed by atoms with van der Waals surface area (Å²) in [5.41, 5.74) is 2.30. The zero-order valence-corrected chi connectivity index (χ0v) is 20.6. The third-order valence-electron chi connectivity index (χ3n) is 6.21. The van der Waals surface area contributed by atoms with Crippen LogP contribution >= 0.6 is 0 Å². The van der Waals surface area contributed by atoms with Crippen molar-refractivity contribution in [3.8, 4) is 11.5 Å². The second-order valence-corrected chi connectivity index (χ2v) is 8.71. The van der Waals surface area contributed by atoms with Crippen LogP contribution in [0.1, 0.15) is 22.3 Å². The first-order valence-electron chi connectivity index (χ1n) is 12.2. The van der Waals surface area contributed by atoms with Gasteiger partial charge in [0.25, 0.3) is 0 Å². The van der Waals surface area contributed by atoms with Crippen molar-refractivity contribution < 1.29 is 23.8 Å².